The molecule has 1 atom stereocenters. The molecule has 1 aliphatic rings. The van der Waals surface area contributed by atoms with Crippen LogP contribution < -0.4 is 15.4 Å². The monoisotopic (exact) mass is 572 g/mol. The molecule has 0 bridgehead atoms. The Hall–Kier alpha value is -4.55. The summed E-state index contributed by atoms with van der Waals surface area (Å²) >= 11 is 0. The highest BCUT2D eigenvalue weighted by molar-refractivity contribution is 6.04. The second kappa shape index (κ2) is 12.1. The number of rotatable bonds is 10. The standard InChI is InChI=1S/C33H31F3N4O2/c1-3-29-28(33(34,35)36)18-30(40(29)26-9-4-6-22(16-26)19-37)32(41)39-25-8-5-7-24(17-25)31(38-20-21-10-11-21)23-12-14-27(42-2)15-13-23/h4-9,12-18,21,31,38H,3,10-11,20H2,1-2H3,(H,39,41). The van der Waals surface area contributed by atoms with Gasteiger partial charge in [0, 0.05) is 17.1 Å². The number of aromatic nitrogens is 1. The predicted octanol–water partition coefficient (Wildman–Crippen LogP) is 7.28. The van der Waals surface area contributed by atoms with Gasteiger partial charge in [-0.3, -0.25) is 4.79 Å². The van der Waals surface area contributed by atoms with Gasteiger partial charge in [0.2, 0.25) is 0 Å². The molecule has 5 rings (SSSR count). The van der Waals surface area contributed by atoms with E-state index in [0.29, 0.717) is 17.3 Å². The van der Waals surface area contributed by atoms with Crippen molar-refractivity contribution < 1.29 is 22.7 Å². The van der Waals surface area contributed by atoms with Crippen LogP contribution in [-0.2, 0) is 12.6 Å². The maximum absolute atomic E-state index is 14.1. The number of nitrogens with one attached hydrogen (secondary N) is 2. The van der Waals surface area contributed by atoms with Gasteiger partial charge in [0.15, 0.2) is 0 Å². The van der Waals surface area contributed by atoms with E-state index in [-0.39, 0.29) is 29.4 Å². The Bertz CT molecular complexity index is 1620. The lowest BCUT2D eigenvalue weighted by molar-refractivity contribution is -0.138. The summed E-state index contributed by atoms with van der Waals surface area (Å²) in [5.41, 5.74) is 1.86. The van der Waals surface area contributed by atoms with Gasteiger partial charge in [0.25, 0.3) is 5.91 Å². The molecule has 1 amide bonds. The Morgan fingerprint density at radius 2 is 1.79 bits per heavy atom. The van der Waals surface area contributed by atoms with Crippen LogP contribution in [0.3, 0.4) is 0 Å². The molecule has 1 unspecified atom stereocenters. The molecular formula is C33H31F3N4O2. The summed E-state index contributed by atoms with van der Waals surface area (Å²) in [6.45, 7) is 2.46. The van der Waals surface area contributed by atoms with Crippen LogP contribution in [0.2, 0.25) is 0 Å². The second-order valence-electron chi connectivity index (χ2n) is 10.4. The summed E-state index contributed by atoms with van der Waals surface area (Å²) < 4.78 is 48.8. The average Bonchev–Trinajstić information content (AvgIpc) is 3.73. The molecule has 6 nitrogen and oxygen atoms in total. The molecule has 0 radical (unpaired) electrons. The van der Waals surface area contributed by atoms with Crippen molar-refractivity contribution in [1.29, 1.82) is 5.26 Å². The maximum Gasteiger partial charge on any atom is 0.418 e. The Morgan fingerprint density at radius 3 is 2.43 bits per heavy atom. The number of hydrogen-bond donors (Lipinski definition) is 2. The lowest BCUT2D eigenvalue weighted by Crippen LogP contribution is -2.25. The number of carbonyl (C=O) groups excluding carboxylic acids is 1. The minimum absolute atomic E-state index is 0.0323. The number of nitriles is 1. The molecule has 0 spiro atoms. The second-order valence-corrected chi connectivity index (χ2v) is 10.4. The molecule has 216 valence electrons. The van der Waals surface area contributed by atoms with Crippen LogP contribution in [0.1, 0.15) is 64.2 Å². The Labute approximate surface area is 242 Å². The van der Waals surface area contributed by atoms with Crippen molar-refractivity contribution in [1.82, 2.24) is 9.88 Å². The number of carbonyl (C=O) groups is 1. The lowest BCUT2D eigenvalue weighted by Gasteiger charge is -2.21. The molecule has 1 fully saturated rings. The van der Waals surface area contributed by atoms with Crippen molar-refractivity contribution in [3.8, 4) is 17.5 Å². The van der Waals surface area contributed by atoms with Crippen molar-refractivity contribution in [2.24, 2.45) is 5.92 Å². The van der Waals surface area contributed by atoms with Crippen molar-refractivity contribution >= 4 is 11.6 Å². The van der Waals surface area contributed by atoms with Gasteiger partial charge >= 0.3 is 6.18 Å². The van der Waals surface area contributed by atoms with Crippen LogP contribution in [0.5, 0.6) is 5.75 Å². The van der Waals surface area contributed by atoms with Gasteiger partial charge in [0.1, 0.15) is 11.4 Å². The molecule has 0 aliphatic heterocycles. The fourth-order valence-corrected chi connectivity index (χ4v) is 5.14. The predicted molar refractivity (Wildman–Crippen MR) is 155 cm³/mol. The normalized spacial score (nSPS) is 13.8. The van der Waals surface area contributed by atoms with Gasteiger partial charge in [-0.1, -0.05) is 37.3 Å². The zero-order valence-electron chi connectivity index (χ0n) is 23.3. The number of hydrogen-bond acceptors (Lipinski definition) is 4. The fourth-order valence-electron chi connectivity index (χ4n) is 5.14. The van der Waals surface area contributed by atoms with Crippen LogP contribution in [0.15, 0.2) is 78.9 Å². The summed E-state index contributed by atoms with van der Waals surface area (Å²) in [5, 5.41) is 15.8. The average molecular weight is 573 g/mol. The Morgan fingerprint density at radius 1 is 1.05 bits per heavy atom. The number of methoxy groups -OCH3 is 1. The lowest BCUT2D eigenvalue weighted by atomic mass is 9.97. The van der Waals surface area contributed by atoms with E-state index in [0.717, 1.165) is 29.5 Å². The highest BCUT2D eigenvalue weighted by Crippen LogP contribution is 2.37. The van der Waals surface area contributed by atoms with Crippen LogP contribution >= 0.6 is 0 Å². The number of benzene rings is 3. The van der Waals surface area contributed by atoms with E-state index in [4.69, 9.17) is 4.74 Å². The quantitative estimate of drug-likeness (QED) is 0.209. The number of alkyl halides is 3. The minimum atomic E-state index is -4.66. The highest BCUT2D eigenvalue weighted by atomic mass is 19.4. The SMILES string of the molecule is CCc1c(C(F)(F)F)cc(C(=O)Nc2cccc(C(NCC3CC3)c3ccc(OC)cc3)c2)n1-c1cccc(C#N)c1. The number of anilines is 1. The van der Waals surface area contributed by atoms with Crippen LogP contribution in [0.25, 0.3) is 5.69 Å². The molecule has 1 aliphatic carbocycles. The van der Waals surface area contributed by atoms with Gasteiger partial charge in [-0.25, -0.2) is 0 Å². The smallest absolute Gasteiger partial charge is 0.418 e. The van der Waals surface area contributed by atoms with Crippen LogP contribution in [-0.4, -0.2) is 24.1 Å². The molecule has 1 aromatic heterocycles. The first kappa shape index (κ1) is 29.0. The van der Waals surface area contributed by atoms with E-state index < -0.39 is 17.6 Å². The molecule has 0 saturated heterocycles. The van der Waals surface area contributed by atoms with Gasteiger partial charge in [-0.2, -0.15) is 18.4 Å². The van der Waals surface area contributed by atoms with Crippen molar-refractivity contribution in [2.75, 3.05) is 19.0 Å². The van der Waals surface area contributed by atoms with Crippen molar-refractivity contribution in [2.45, 2.75) is 38.4 Å². The van der Waals surface area contributed by atoms with E-state index in [2.05, 4.69) is 10.6 Å². The number of ether oxygens (including phenoxy) is 1. The van der Waals surface area contributed by atoms with Gasteiger partial charge in [-0.05, 0) is 91.4 Å². The third-order valence-electron chi connectivity index (χ3n) is 7.44. The summed E-state index contributed by atoms with van der Waals surface area (Å²) in [6.07, 6.45) is -2.24. The van der Waals surface area contributed by atoms with Gasteiger partial charge < -0.3 is 19.9 Å². The van der Waals surface area contributed by atoms with E-state index >= 15 is 0 Å². The fraction of sp³-hybridized carbons (Fsp3) is 0.273. The number of amides is 1. The molecule has 1 saturated carbocycles. The first-order valence-corrected chi connectivity index (χ1v) is 13.8. The summed E-state index contributed by atoms with van der Waals surface area (Å²) in [7, 11) is 1.61. The van der Waals surface area contributed by atoms with Crippen LogP contribution in [0, 0.1) is 17.2 Å². The number of nitrogens with zero attached hydrogens (tertiary/aromatic N) is 2. The Balaban J connectivity index is 1.50. The van der Waals surface area contributed by atoms with Crippen LogP contribution in [0.4, 0.5) is 18.9 Å². The zero-order chi connectivity index (χ0) is 29.9. The third-order valence-corrected chi connectivity index (χ3v) is 7.44. The van der Waals surface area contributed by atoms with E-state index in [9.17, 15) is 23.2 Å². The highest BCUT2D eigenvalue weighted by Gasteiger charge is 2.37. The summed E-state index contributed by atoms with van der Waals surface area (Å²) in [5.74, 6) is 0.692. The van der Waals surface area contributed by atoms with Crippen molar-refractivity contribution in [3.05, 3.63) is 113 Å². The number of halogens is 3. The molecular weight excluding hydrogens is 541 g/mol. The Kier molecular flexibility index (Phi) is 8.36. The maximum atomic E-state index is 14.1. The largest absolute Gasteiger partial charge is 0.497 e. The molecule has 3 aromatic carbocycles. The molecule has 1 heterocycles. The molecule has 42 heavy (non-hydrogen) atoms. The topological polar surface area (TPSA) is 79.1 Å². The van der Waals surface area contributed by atoms with Gasteiger partial charge in [-0.15, -0.1) is 0 Å². The summed E-state index contributed by atoms with van der Waals surface area (Å²) in [4.78, 5) is 13.6. The minimum Gasteiger partial charge on any atom is -0.497 e. The van der Waals surface area contributed by atoms with E-state index in [1.165, 1.54) is 23.5 Å². The molecule has 9 heteroatoms. The first-order chi connectivity index (χ1) is 20.2. The van der Waals surface area contributed by atoms with E-state index in [1.54, 1.807) is 38.3 Å². The zero-order valence-corrected chi connectivity index (χ0v) is 23.3. The van der Waals surface area contributed by atoms with Gasteiger partial charge in [0.05, 0.1) is 30.3 Å². The molecule has 4 aromatic rings. The van der Waals surface area contributed by atoms with E-state index in [1.807, 2.05) is 48.5 Å². The first-order valence-electron chi connectivity index (χ1n) is 13.8. The van der Waals surface area contributed by atoms with Crippen molar-refractivity contribution in [3.63, 3.8) is 0 Å². The summed E-state index contributed by atoms with van der Waals surface area (Å²) in [6, 6.07) is 24.0. The molecule has 2 N–H and O–H groups in total. The third kappa shape index (κ3) is 6.34.